The van der Waals surface area contributed by atoms with E-state index < -0.39 is 5.92 Å². The molecule has 1 fully saturated rings. The second kappa shape index (κ2) is 5.97. The third-order valence-corrected chi connectivity index (χ3v) is 4.86. The minimum Gasteiger partial charge on any atom is -0.497 e. The molecule has 3 rings (SSSR count). The Morgan fingerprint density at radius 3 is 2.86 bits per heavy atom. The largest absolute Gasteiger partial charge is 0.497 e. The van der Waals surface area contributed by atoms with E-state index in [0.29, 0.717) is 5.75 Å². The normalized spacial score (nSPS) is 21.5. The fourth-order valence-electron chi connectivity index (χ4n) is 2.79. The van der Waals surface area contributed by atoms with Gasteiger partial charge in [-0.2, -0.15) is 11.8 Å². The predicted molar refractivity (Wildman–Crippen MR) is 82.9 cm³/mol. The number of amides is 2. The highest BCUT2D eigenvalue weighted by Gasteiger charge is 2.34. The average molecular weight is 306 g/mol. The van der Waals surface area contributed by atoms with E-state index in [4.69, 9.17) is 4.74 Å². The van der Waals surface area contributed by atoms with E-state index in [9.17, 15) is 9.59 Å². The molecule has 0 spiro atoms. The molecule has 2 amide bonds. The molecule has 1 unspecified atom stereocenters. The highest BCUT2D eigenvalue weighted by Crippen LogP contribution is 2.36. The van der Waals surface area contributed by atoms with E-state index in [0.717, 1.165) is 35.8 Å². The van der Waals surface area contributed by atoms with E-state index in [1.165, 1.54) is 0 Å². The van der Waals surface area contributed by atoms with Crippen LogP contribution in [0.4, 0.5) is 5.69 Å². The Hall–Kier alpha value is -1.69. The number of rotatable bonds is 2. The monoisotopic (exact) mass is 306 g/mol. The van der Waals surface area contributed by atoms with Gasteiger partial charge in [0, 0.05) is 36.7 Å². The first kappa shape index (κ1) is 14.3. The summed E-state index contributed by atoms with van der Waals surface area (Å²) in [6, 6.07) is 5.46. The summed E-state index contributed by atoms with van der Waals surface area (Å²) < 4.78 is 5.24. The molecule has 2 aliphatic rings. The number of thioether (sulfide) groups is 1. The van der Waals surface area contributed by atoms with Crippen molar-refractivity contribution in [3.05, 3.63) is 23.8 Å². The smallest absolute Gasteiger partial charge is 0.230 e. The molecule has 1 aromatic rings. The third kappa shape index (κ3) is 2.85. The first-order valence-corrected chi connectivity index (χ1v) is 8.19. The standard InChI is InChI=1S/C15H18N2O3S/c1-20-10-2-3-13-11(8-10)12(9-14(18)16-13)15(19)17-4-6-21-7-5-17/h2-3,8,12H,4-7,9H2,1H3,(H,16,18). The second-order valence-corrected chi connectivity index (χ2v) is 6.42. The van der Waals surface area contributed by atoms with Crippen LogP contribution in [0.3, 0.4) is 0 Å². The van der Waals surface area contributed by atoms with Gasteiger partial charge in [0.05, 0.1) is 13.0 Å². The molecule has 1 aromatic carbocycles. The van der Waals surface area contributed by atoms with Gasteiger partial charge in [0.15, 0.2) is 0 Å². The fraction of sp³-hybridized carbons (Fsp3) is 0.467. The molecule has 1 N–H and O–H groups in total. The number of ether oxygens (including phenoxy) is 1. The van der Waals surface area contributed by atoms with E-state index in [1.54, 1.807) is 19.2 Å². The lowest BCUT2D eigenvalue weighted by molar-refractivity contribution is -0.134. The number of carbonyl (C=O) groups is 2. The number of hydrogen-bond donors (Lipinski definition) is 1. The molecule has 0 saturated carbocycles. The third-order valence-electron chi connectivity index (χ3n) is 3.92. The topological polar surface area (TPSA) is 58.6 Å². The summed E-state index contributed by atoms with van der Waals surface area (Å²) in [5, 5.41) is 2.83. The van der Waals surface area contributed by atoms with Gasteiger partial charge < -0.3 is 15.0 Å². The van der Waals surface area contributed by atoms with Crippen LogP contribution in [0.15, 0.2) is 18.2 Å². The lowest BCUT2D eigenvalue weighted by Crippen LogP contribution is -2.42. The molecule has 1 saturated heterocycles. The van der Waals surface area contributed by atoms with Gasteiger partial charge in [-0.3, -0.25) is 9.59 Å². The maximum absolute atomic E-state index is 12.8. The molecular weight excluding hydrogens is 288 g/mol. The zero-order valence-corrected chi connectivity index (χ0v) is 12.7. The number of anilines is 1. The van der Waals surface area contributed by atoms with Gasteiger partial charge in [-0.1, -0.05) is 0 Å². The van der Waals surface area contributed by atoms with Crippen LogP contribution in [0, 0.1) is 0 Å². The predicted octanol–water partition coefficient (Wildman–Crippen LogP) is 1.70. The molecule has 112 valence electrons. The number of benzene rings is 1. The average Bonchev–Trinajstić information content (AvgIpc) is 2.53. The Kier molecular flexibility index (Phi) is 4.05. The van der Waals surface area contributed by atoms with Crippen molar-refractivity contribution in [2.45, 2.75) is 12.3 Å². The Balaban J connectivity index is 1.91. The van der Waals surface area contributed by atoms with Crippen molar-refractivity contribution < 1.29 is 14.3 Å². The number of nitrogens with zero attached hydrogens (tertiary/aromatic N) is 1. The lowest BCUT2D eigenvalue weighted by atomic mass is 9.89. The van der Waals surface area contributed by atoms with Gasteiger partial charge in [-0.25, -0.2) is 0 Å². The fourth-order valence-corrected chi connectivity index (χ4v) is 3.69. The van der Waals surface area contributed by atoms with Crippen molar-refractivity contribution in [1.29, 1.82) is 0 Å². The highest BCUT2D eigenvalue weighted by atomic mass is 32.2. The molecule has 5 nitrogen and oxygen atoms in total. The molecule has 21 heavy (non-hydrogen) atoms. The van der Waals surface area contributed by atoms with Gasteiger partial charge in [0.2, 0.25) is 11.8 Å². The van der Waals surface area contributed by atoms with Crippen LogP contribution in [-0.4, -0.2) is 48.4 Å². The van der Waals surface area contributed by atoms with Crippen LogP contribution < -0.4 is 10.1 Å². The number of methoxy groups -OCH3 is 1. The summed E-state index contributed by atoms with van der Waals surface area (Å²) in [7, 11) is 1.60. The minimum absolute atomic E-state index is 0.0552. The molecule has 0 aromatic heterocycles. The zero-order chi connectivity index (χ0) is 14.8. The Morgan fingerprint density at radius 1 is 1.38 bits per heavy atom. The Bertz CT molecular complexity index is 570. The molecule has 6 heteroatoms. The lowest BCUT2D eigenvalue weighted by Gasteiger charge is -2.32. The van der Waals surface area contributed by atoms with Crippen LogP contribution in [0.1, 0.15) is 17.9 Å². The summed E-state index contributed by atoms with van der Waals surface area (Å²) in [6.45, 7) is 1.53. The molecule has 0 radical (unpaired) electrons. The Labute approximate surface area is 128 Å². The van der Waals surface area contributed by atoms with Crippen molar-refractivity contribution in [2.75, 3.05) is 37.0 Å². The van der Waals surface area contributed by atoms with E-state index in [2.05, 4.69) is 5.32 Å². The number of hydrogen-bond acceptors (Lipinski definition) is 4. The number of fused-ring (bicyclic) bond motifs is 1. The number of carbonyl (C=O) groups excluding carboxylic acids is 2. The molecule has 0 aliphatic carbocycles. The quantitative estimate of drug-likeness (QED) is 0.903. The van der Waals surface area contributed by atoms with Crippen molar-refractivity contribution in [3.63, 3.8) is 0 Å². The van der Waals surface area contributed by atoms with Gasteiger partial charge in [-0.15, -0.1) is 0 Å². The molecule has 0 bridgehead atoms. The zero-order valence-electron chi connectivity index (χ0n) is 11.9. The van der Waals surface area contributed by atoms with Crippen LogP contribution in [-0.2, 0) is 9.59 Å². The van der Waals surface area contributed by atoms with Crippen LogP contribution in [0.2, 0.25) is 0 Å². The van der Waals surface area contributed by atoms with Crippen molar-refractivity contribution in [2.24, 2.45) is 0 Å². The Morgan fingerprint density at radius 2 is 2.14 bits per heavy atom. The summed E-state index contributed by atoms with van der Waals surface area (Å²) in [5.41, 5.74) is 1.58. The summed E-state index contributed by atoms with van der Waals surface area (Å²) in [4.78, 5) is 26.5. The number of nitrogens with one attached hydrogen (secondary N) is 1. The van der Waals surface area contributed by atoms with Crippen LogP contribution in [0.5, 0.6) is 5.75 Å². The minimum atomic E-state index is -0.396. The SMILES string of the molecule is COc1ccc2c(c1)C(C(=O)N1CCSCC1)CC(=O)N2. The maximum Gasteiger partial charge on any atom is 0.230 e. The van der Waals surface area contributed by atoms with Crippen molar-refractivity contribution in [3.8, 4) is 5.75 Å². The molecule has 1 atom stereocenters. The highest BCUT2D eigenvalue weighted by molar-refractivity contribution is 7.99. The van der Waals surface area contributed by atoms with Gasteiger partial charge in [0.1, 0.15) is 5.75 Å². The summed E-state index contributed by atoms with van der Waals surface area (Å²) in [6.07, 6.45) is 0.211. The molecular formula is C15H18N2O3S. The van der Waals surface area contributed by atoms with Gasteiger partial charge >= 0.3 is 0 Å². The first-order chi connectivity index (χ1) is 10.2. The maximum atomic E-state index is 12.8. The van der Waals surface area contributed by atoms with Crippen molar-refractivity contribution >= 4 is 29.3 Å². The van der Waals surface area contributed by atoms with E-state index in [-0.39, 0.29) is 18.2 Å². The molecule has 2 aliphatic heterocycles. The summed E-state index contributed by atoms with van der Waals surface area (Å²) in [5.74, 6) is 2.20. The van der Waals surface area contributed by atoms with Crippen molar-refractivity contribution in [1.82, 2.24) is 4.90 Å². The van der Waals surface area contributed by atoms with Gasteiger partial charge in [-0.05, 0) is 23.8 Å². The van der Waals surface area contributed by atoms with E-state index >= 15 is 0 Å². The summed E-state index contributed by atoms with van der Waals surface area (Å²) >= 11 is 1.86. The second-order valence-electron chi connectivity index (χ2n) is 5.20. The van der Waals surface area contributed by atoms with Crippen LogP contribution in [0.25, 0.3) is 0 Å². The van der Waals surface area contributed by atoms with E-state index in [1.807, 2.05) is 22.7 Å². The molecule has 2 heterocycles. The van der Waals surface area contributed by atoms with Gasteiger partial charge in [0.25, 0.3) is 0 Å². The van der Waals surface area contributed by atoms with Crippen LogP contribution >= 0.6 is 11.8 Å². The first-order valence-electron chi connectivity index (χ1n) is 7.03.